The lowest BCUT2D eigenvalue weighted by atomic mass is 9.85. The first-order chi connectivity index (χ1) is 21.1. The first kappa shape index (κ1) is 33.1. The van der Waals surface area contributed by atoms with Gasteiger partial charge in [0.2, 0.25) is 15.9 Å². The Morgan fingerprint density at radius 3 is 2.05 bits per heavy atom. The number of nitrogens with two attached hydrogens (primary N) is 2. The Morgan fingerprint density at radius 1 is 0.955 bits per heavy atom. The van der Waals surface area contributed by atoms with E-state index in [2.05, 4.69) is 10.6 Å². The molecule has 4 rings (SSSR count). The Bertz CT molecular complexity index is 1450. The van der Waals surface area contributed by atoms with Crippen molar-refractivity contribution in [2.75, 3.05) is 39.0 Å². The smallest absolute Gasteiger partial charge is 0.416 e. The van der Waals surface area contributed by atoms with Crippen molar-refractivity contribution in [3.05, 3.63) is 96.1 Å². The summed E-state index contributed by atoms with van der Waals surface area (Å²) in [5.74, 6) is -1.07. The van der Waals surface area contributed by atoms with Crippen LogP contribution >= 0.6 is 0 Å². The number of anilines is 1. The quantitative estimate of drug-likeness (QED) is 0.222. The maximum absolute atomic E-state index is 13.8. The molecule has 6 N–H and O–H groups in total. The van der Waals surface area contributed by atoms with Crippen molar-refractivity contribution < 1.29 is 22.7 Å². The predicted molar refractivity (Wildman–Crippen MR) is 170 cm³/mol. The molecule has 11 nitrogen and oxygen atoms in total. The van der Waals surface area contributed by atoms with Crippen LogP contribution in [0.5, 0.6) is 0 Å². The summed E-state index contributed by atoms with van der Waals surface area (Å²) in [4.78, 5) is 27.8. The maximum atomic E-state index is 13.8. The van der Waals surface area contributed by atoms with Crippen LogP contribution in [0.15, 0.2) is 89.8 Å². The molecule has 1 fully saturated rings. The molecule has 0 spiro atoms. The summed E-state index contributed by atoms with van der Waals surface area (Å²) in [6.45, 7) is 4.78. The van der Waals surface area contributed by atoms with Gasteiger partial charge in [-0.3, -0.25) is 4.79 Å². The molecule has 3 atom stereocenters. The number of benzene rings is 3. The van der Waals surface area contributed by atoms with Crippen LogP contribution in [-0.4, -0.2) is 87.1 Å². The van der Waals surface area contributed by atoms with E-state index in [4.69, 9.17) is 16.2 Å². The predicted octanol–water partition coefficient (Wildman–Crippen LogP) is 2.35. The molecule has 0 unspecified atom stereocenters. The molecule has 3 aromatic rings. The number of nitrogens with one attached hydrogen (secondary N) is 2. The molecular formula is C32H42N6O5S. The van der Waals surface area contributed by atoms with Gasteiger partial charge in [0, 0.05) is 49.9 Å². The number of carbonyl (C=O) groups is 2. The summed E-state index contributed by atoms with van der Waals surface area (Å²) in [5.41, 5.74) is 14.6. The van der Waals surface area contributed by atoms with Gasteiger partial charge in [0.15, 0.2) is 0 Å². The molecule has 1 aliphatic rings. The number of ether oxygens (including phenoxy) is 1. The lowest BCUT2D eigenvalue weighted by molar-refractivity contribution is -0.131. The van der Waals surface area contributed by atoms with Crippen LogP contribution in [0.2, 0.25) is 0 Å². The number of methoxy groups -OCH3 is 1. The third-order valence-corrected chi connectivity index (χ3v) is 9.95. The highest BCUT2D eigenvalue weighted by Crippen LogP contribution is 2.29. The fourth-order valence-corrected chi connectivity index (χ4v) is 7.61. The molecule has 236 valence electrons. The SMILES string of the molecule is COC(=O)N(CCN[C@@H]1CNC[C@H]1N(C(C)C)S(=O)(=O)c1ccc(N)cc1)C(=O)[C@@H](N)C(c1ccccc1)c1ccccc1. The van der Waals surface area contributed by atoms with E-state index in [1.54, 1.807) is 12.1 Å². The highest BCUT2D eigenvalue weighted by atomic mass is 32.2. The molecule has 1 heterocycles. The third kappa shape index (κ3) is 7.45. The molecule has 0 radical (unpaired) electrons. The Morgan fingerprint density at radius 2 is 1.52 bits per heavy atom. The maximum Gasteiger partial charge on any atom is 0.416 e. The molecule has 44 heavy (non-hydrogen) atoms. The zero-order valence-electron chi connectivity index (χ0n) is 25.3. The number of nitrogens with zero attached hydrogens (tertiary/aromatic N) is 2. The first-order valence-electron chi connectivity index (χ1n) is 14.6. The summed E-state index contributed by atoms with van der Waals surface area (Å²) in [6, 6.07) is 23.0. The third-order valence-electron chi connectivity index (χ3n) is 7.84. The van der Waals surface area contributed by atoms with Crippen LogP contribution < -0.4 is 22.1 Å². The topological polar surface area (TPSA) is 160 Å². The van der Waals surface area contributed by atoms with Gasteiger partial charge in [-0.1, -0.05) is 60.7 Å². The molecule has 1 aliphatic heterocycles. The lowest BCUT2D eigenvalue weighted by Gasteiger charge is -2.35. The zero-order chi connectivity index (χ0) is 31.9. The van der Waals surface area contributed by atoms with Crippen molar-refractivity contribution in [1.82, 2.24) is 19.8 Å². The summed E-state index contributed by atoms with van der Waals surface area (Å²) in [5, 5.41) is 6.64. The second-order valence-electron chi connectivity index (χ2n) is 11.1. The molecule has 12 heteroatoms. The first-order valence-corrected chi connectivity index (χ1v) is 16.1. The van der Waals surface area contributed by atoms with Crippen molar-refractivity contribution in [2.24, 2.45) is 5.73 Å². The molecule has 2 amide bonds. The van der Waals surface area contributed by atoms with Gasteiger partial charge in [0.25, 0.3) is 0 Å². The molecule has 0 saturated carbocycles. The Labute approximate surface area is 259 Å². The molecule has 0 aromatic heterocycles. The number of hydrogen-bond acceptors (Lipinski definition) is 9. The summed E-state index contributed by atoms with van der Waals surface area (Å²) in [6.07, 6.45) is -0.817. The van der Waals surface area contributed by atoms with Crippen molar-refractivity contribution in [1.29, 1.82) is 0 Å². The monoisotopic (exact) mass is 622 g/mol. The van der Waals surface area contributed by atoms with Gasteiger partial charge in [-0.05, 0) is 49.2 Å². The second kappa shape index (κ2) is 14.8. The zero-order valence-corrected chi connectivity index (χ0v) is 26.1. The molecule has 0 aliphatic carbocycles. The van der Waals surface area contributed by atoms with Gasteiger partial charge in [-0.25, -0.2) is 18.1 Å². The Kier molecular flexibility index (Phi) is 11.1. The van der Waals surface area contributed by atoms with E-state index in [0.717, 1.165) is 16.0 Å². The Hall–Kier alpha value is -3.81. The van der Waals surface area contributed by atoms with Gasteiger partial charge in [0.1, 0.15) is 0 Å². The minimum atomic E-state index is -3.84. The van der Waals surface area contributed by atoms with E-state index in [1.807, 2.05) is 74.5 Å². The number of rotatable bonds is 12. The van der Waals surface area contributed by atoms with Crippen LogP contribution in [0.4, 0.5) is 10.5 Å². The number of amides is 2. The molecule has 1 saturated heterocycles. The van der Waals surface area contributed by atoms with E-state index in [0.29, 0.717) is 18.8 Å². The van der Waals surface area contributed by atoms with E-state index < -0.39 is 40.0 Å². The number of imide groups is 1. The van der Waals surface area contributed by atoms with Crippen molar-refractivity contribution >= 4 is 27.7 Å². The van der Waals surface area contributed by atoms with Crippen LogP contribution in [0.3, 0.4) is 0 Å². The molecular weight excluding hydrogens is 580 g/mol. The fraction of sp³-hybridized carbons (Fsp3) is 0.375. The average molecular weight is 623 g/mol. The standard InChI is InChI=1S/C32H42N6O5S/c1-22(2)38(44(41,42)26-16-14-25(33)15-17-26)28-21-35-20-27(28)36-18-19-37(32(40)43-3)31(39)30(34)29(23-10-6-4-7-11-23)24-12-8-5-9-13-24/h4-17,22,27-30,35-36H,18-21,33-34H2,1-3H3/t27-,28-,30+/m1/s1. The van der Waals surface area contributed by atoms with Crippen molar-refractivity contribution in [2.45, 2.75) is 48.8 Å². The number of nitrogen functional groups attached to an aromatic ring is 1. The van der Waals surface area contributed by atoms with E-state index in [9.17, 15) is 18.0 Å². The highest BCUT2D eigenvalue weighted by Gasteiger charge is 2.41. The lowest BCUT2D eigenvalue weighted by Crippen LogP contribution is -2.56. The summed E-state index contributed by atoms with van der Waals surface area (Å²) < 4.78 is 33.8. The number of hydrogen-bond donors (Lipinski definition) is 4. The van der Waals surface area contributed by atoms with Gasteiger partial charge >= 0.3 is 6.09 Å². The molecule has 0 bridgehead atoms. The second-order valence-corrected chi connectivity index (χ2v) is 12.9. The largest absolute Gasteiger partial charge is 0.452 e. The van der Waals surface area contributed by atoms with Crippen LogP contribution in [0, 0.1) is 0 Å². The highest BCUT2D eigenvalue weighted by molar-refractivity contribution is 7.89. The Balaban J connectivity index is 1.50. The number of sulfonamides is 1. The van der Waals surface area contributed by atoms with E-state index in [1.165, 1.54) is 23.5 Å². The van der Waals surface area contributed by atoms with Crippen LogP contribution in [-0.2, 0) is 19.6 Å². The van der Waals surface area contributed by atoms with E-state index in [-0.39, 0.29) is 30.1 Å². The summed E-state index contributed by atoms with van der Waals surface area (Å²) in [7, 11) is -2.62. The van der Waals surface area contributed by atoms with Gasteiger partial charge in [-0.2, -0.15) is 4.31 Å². The summed E-state index contributed by atoms with van der Waals surface area (Å²) >= 11 is 0. The molecule has 3 aromatic carbocycles. The fourth-order valence-electron chi connectivity index (χ4n) is 5.75. The van der Waals surface area contributed by atoms with Gasteiger partial charge in [-0.15, -0.1) is 0 Å². The minimum absolute atomic E-state index is 0.0227. The minimum Gasteiger partial charge on any atom is -0.452 e. The van der Waals surface area contributed by atoms with Crippen molar-refractivity contribution in [3.63, 3.8) is 0 Å². The van der Waals surface area contributed by atoms with Crippen molar-refractivity contribution in [3.8, 4) is 0 Å². The van der Waals surface area contributed by atoms with Gasteiger partial charge < -0.3 is 26.8 Å². The number of carbonyl (C=O) groups excluding carboxylic acids is 2. The average Bonchev–Trinajstić information content (AvgIpc) is 3.47. The normalized spacial score (nSPS) is 17.6. The van der Waals surface area contributed by atoms with E-state index >= 15 is 0 Å². The van der Waals surface area contributed by atoms with Crippen LogP contribution in [0.1, 0.15) is 30.9 Å². The van der Waals surface area contributed by atoms with Crippen LogP contribution in [0.25, 0.3) is 0 Å². The van der Waals surface area contributed by atoms with Gasteiger partial charge in [0.05, 0.1) is 24.1 Å².